The lowest BCUT2D eigenvalue weighted by atomic mass is 10.2. The number of fused-ring (bicyclic) bond motifs is 1. The van der Waals surface area contributed by atoms with Crippen LogP contribution in [0.3, 0.4) is 0 Å². The van der Waals surface area contributed by atoms with Gasteiger partial charge in [-0.1, -0.05) is 40.2 Å². The Balaban J connectivity index is 1.63. The number of aromatic nitrogens is 3. The monoisotopic (exact) mass is 346 g/mol. The van der Waals surface area contributed by atoms with Gasteiger partial charge in [-0.3, -0.25) is 5.32 Å². The standard InChI is InChI=1S/C15H8ClFN4OS/c16-9-4-1-3-8(7-9)13-20-21-14(22-13)19-15-18-12-10(17)5-2-6-11(12)23-15/h1-7H,(H,18,19,21). The second kappa shape index (κ2) is 5.60. The number of hydrogen-bond acceptors (Lipinski definition) is 6. The molecule has 0 atom stereocenters. The summed E-state index contributed by atoms with van der Waals surface area (Å²) in [6, 6.07) is 12.1. The molecule has 4 aromatic rings. The fourth-order valence-corrected chi connectivity index (χ4v) is 3.13. The number of thiazole rings is 1. The Morgan fingerprint density at radius 3 is 2.83 bits per heavy atom. The first-order valence-corrected chi connectivity index (χ1v) is 7.80. The molecule has 2 aromatic carbocycles. The van der Waals surface area contributed by atoms with E-state index in [1.54, 1.807) is 30.3 Å². The second-order valence-electron chi connectivity index (χ2n) is 4.65. The summed E-state index contributed by atoms with van der Waals surface area (Å²) in [4.78, 5) is 4.19. The Bertz CT molecular complexity index is 1000. The SMILES string of the molecule is Fc1cccc2sc(Nc3nnc(-c4cccc(Cl)c4)o3)nc12. The van der Waals surface area contributed by atoms with Gasteiger partial charge < -0.3 is 4.42 Å². The second-order valence-corrected chi connectivity index (χ2v) is 6.12. The quantitative estimate of drug-likeness (QED) is 0.572. The first-order chi connectivity index (χ1) is 11.2. The summed E-state index contributed by atoms with van der Waals surface area (Å²) >= 11 is 7.24. The van der Waals surface area contributed by atoms with Gasteiger partial charge >= 0.3 is 6.01 Å². The Morgan fingerprint density at radius 1 is 1.13 bits per heavy atom. The molecule has 5 nitrogen and oxygen atoms in total. The van der Waals surface area contributed by atoms with Crippen LogP contribution >= 0.6 is 22.9 Å². The maximum Gasteiger partial charge on any atom is 0.322 e. The van der Waals surface area contributed by atoms with E-state index in [1.807, 2.05) is 6.07 Å². The summed E-state index contributed by atoms with van der Waals surface area (Å²) in [6.07, 6.45) is 0. The third-order valence-corrected chi connectivity index (χ3v) is 4.25. The maximum absolute atomic E-state index is 13.7. The molecule has 1 N–H and O–H groups in total. The first kappa shape index (κ1) is 14.1. The Kier molecular flexibility index (Phi) is 3.44. The average Bonchev–Trinajstić information content (AvgIpc) is 3.15. The summed E-state index contributed by atoms with van der Waals surface area (Å²) in [7, 11) is 0. The fourth-order valence-electron chi connectivity index (χ4n) is 2.07. The van der Waals surface area contributed by atoms with Crippen LogP contribution in [0.1, 0.15) is 0 Å². The van der Waals surface area contributed by atoms with Crippen molar-refractivity contribution in [2.75, 3.05) is 5.32 Å². The Morgan fingerprint density at radius 2 is 2.00 bits per heavy atom. The highest BCUT2D eigenvalue weighted by Crippen LogP contribution is 2.30. The van der Waals surface area contributed by atoms with Crippen molar-refractivity contribution < 1.29 is 8.81 Å². The van der Waals surface area contributed by atoms with E-state index in [0.717, 1.165) is 4.70 Å². The molecule has 0 fully saturated rings. The molecule has 2 heterocycles. The normalized spacial score (nSPS) is 11.0. The minimum atomic E-state index is -0.364. The van der Waals surface area contributed by atoms with Crippen LogP contribution in [0.2, 0.25) is 5.02 Å². The summed E-state index contributed by atoms with van der Waals surface area (Å²) < 4.78 is 19.9. The number of anilines is 2. The van der Waals surface area contributed by atoms with Crippen LogP contribution in [0.5, 0.6) is 0 Å². The summed E-state index contributed by atoms with van der Waals surface area (Å²) in [6.45, 7) is 0. The van der Waals surface area contributed by atoms with Gasteiger partial charge in [0.15, 0.2) is 5.13 Å². The highest BCUT2D eigenvalue weighted by atomic mass is 35.5. The van der Waals surface area contributed by atoms with Crippen LogP contribution in [-0.2, 0) is 0 Å². The smallest absolute Gasteiger partial charge is 0.322 e. The van der Waals surface area contributed by atoms with Crippen molar-refractivity contribution in [2.24, 2.45) is 0 Å². The molecule has 2 aromatic heterocycles. The van der Waals surface area contributed by atoms with Gasteiger partial charge in [0.05, 0.1) is 4.70 Å². The molecule has 0 aliphatic carbocycles. The first-order valence-electron chi connectivity index (χ1n) is 6.60. The minimum Gasteiger partial charge on any atom is -0.403 e. The van der Waals surface area contributed by atoms with Gasteiger partial charge in [-0.05, 0) is 30.3 Å². The van der Waals surface area contributed by atoms with E-state index < -0.39 is 0 Å². The number of benzene rings is 2. The number of hydrogen-bond donors (Lipinski definition) is 1. The van der Waals surface area contributed by atoms with Gasteiger partial charge in [0.2, 0.25) is 5.89 Å². The Hall–Kier alpha value is -2.51. The summed E-state index contributed by atoms with van der Waals surface area (Å²) in [5.74, 6) is -0.0285. The van der Waals surface area contributed by atoms with Gasteiger partial charge in [-0.15, -0.1) is 5.10 Å². The molecule has 0 unspecified atom stereocenters. The lowest BCUT2D eigenvalue weighted by molar-refractivity contribution is 0.587. The summed E-state index contributed by atoms with van der Waals surface area (Å²) in [5.41, 5.74) is 1.03. The summed E-state index contributed by atoms with van der Waals surface area (Å²) in [5, 5.41) is 11.8. The molecule has 0 saturated heterocycles. The molecule has 8 heteroatoms. The zero-order valence-corrected chi connectivity index (χ0v) is 13.0. The average molecular weight is 347 g/mol. The van der Waals surface area contributed by atoms with Gasteiger partial charge in [-0.25, -0.2) is 9.37 Å². The number of para-hydroxylation sites is 1. The molecule has 0 amide bonds. The van der Waals surface area contributed by atoms with Gasteiger partial charge in [0, 0.05) is 10.6 Å². The topological polar surface area (TPSA) is 63.8 Å². The van der Waals surface area contributed by atoms with E-state index in [-0.39, 0.29) is 11.8 Å². The van der Waals surface area contributed by atoms with Crippen molar-refractivity contribution in [1.82, 2.24) is 15.2 Å². The van der Waals surface area contributed by atoms with Crippen molar-refractivity contribution in [3.8, 4) is 11.5 Å². The van der Waals surface area contributed by atoms with E-state index >= 15 is 0 Å². The van der Waals surface area contributed by atoms with Crippen molar-refractivity contribution in [3.63, 3.8) is 0 Å². The van der Waals surface area contributed by atoms with Crippen molar-refractivity contribution >= 4 is 44.3 Å². The molecular formula is C15H8ClFN4OS. The zero-order valence-electron chi connectivity index (χ0n) is 11.5. The van der Waals surface area contributed by atoms with Crippen LogP contribution in [0.4, 0.5) is 15.5 Å². The van der Waals surface area contributed by atoms with Crippen LogP contribution in [0, 0.1) is 5.82 Å². The largest absolute Gasteiger partial charge is 0.403 e. The molecule has 23 heavy (non-hydrogen) atoms. The zero-order chi connectivity index (χ0) is 15.8. The number of nitrogens with one attached hydrogen (secondary N) is 1. The molecule has 0 spiro atoms. The van der Waals surface area contributed by atoms with Gasteiger partial charge in [0.1, 0.15) is 11.3 Å². The molecule has 0 bridgehead atoms. The lowest BCUT2D eigenvalue weighted by Crippen LogP contribution is -1.89. The number of nitrogens with zero attached hydrogens (tertiary/aromatic N) is 3. The number of halogens is 2. The molecule has 114 valence electrons. The van der Waals surface area contributed by atoms with E-state index in [9.17, 15) is 4.39 Å². The fraction of sp³-hybridized carbons (Fsp3) is 0. The molecule has 0 aliphatic rings. The molecule has 0 aliphatic heterocycles. The van der Waals surface area contributed by atoms with E-state index in [4.69, 9.17) is 16.0 Å². The molecule has 0 saturated carbocycles. The lowest BCUT2D eigenvalue weighted by Gasteiger charge is -1.95. The van der Waals surface area contributed by atoms with E-state index in [2.05, 4.69) is 20.5 Å². The van der Waals surface area contributed by atoms with Crippen molar-refractivity contribution in [3.05, 3.63) is 53.3 Å². The van der Waals surface area contributed by atoms with Gasteiger partial charge in [-0.2, -0.15) is 0 Å². The Labute approximate surface area is 138 Å². The predicted molar refractivity (Wildman–Crippen MR) is 87.6 cm³/mol. The third kappa shape index (κ3) is 2.76. The van der Waals surface area contributed by atoms with E-state index in [1.165, 1.54) is 17.4 Å². The van der Waals surface area contributed by atoms with Crippen molar-refractivity contribution in [1.29, 1.82) is 0 Å². The van der Waals surface area contributed by atoms with Crippen LogP contribution in [0.25, 0.3) is 21.7 Å². The van der Waals surface area contributed by atoms with Crippen LogP contribution in [-0.4, -0.2) is 15.2 Å². The molecular weight excluding hydrogens is 339 g/mol. The van der Waals surface area contributed by atoms with Crippen molar-refractivity contribution in [2.45, 2.75) is 0 Å². The third-order valence-electron chi connectivity index (χ3n) is 3.08. The van der Waals surface area contributed by atoms with Crippen LogP contribution < -0.4 is 5.32 Å². The van der Waals surface area contributed by atoms with E-state index in [0.29, 0.717) is 27.1 Å². The maximum atomic E-state index is 13.7. The molecule has 0 radical (unpaired) electrons. The van der Waals surface area contributed by atoms with Gasteiger partial charge in [0.25, 0.3) is 0 Å². The highest BCUT2D eigenvalue weighted by Gasteiger charge is 2.12. The predicted octanol–water partition coefficient (Wildman–Crippen LogP) is 4.88. The van der Waals surface area contributed by atoms with Crippen LogP contribution in [0.15, 0.2) is 46.9 Å². The molecule has 4 rings (SSSR count). The minimum absolute atomic E-state index is 0.180. The highest BCUT2D eigenvalue weighted by molar-refractivity contribution is 7.22. The number of rotatable bonds is 3.